The molecule has 2 aromatic carbocycles. The van der Waals surface area contributed by atoms with Crippen LogP contribution in [0.5, 0.6) is 0 Å². The lowest BCUT2D eigenvalue weighted by Gasteiger charge is -2.15. The highest BCUT2D eigenvalue weighted by atomic mass is 16.5. The molecule has 0 aliphatic carbocycles. The molecule has 2 aromatic heterocycles. The van der Waals surface area contributed by atoms with Crippen LogP contribution >= 0.6 is 0 Å². The zero-order valence-corrected chi connectivity index (χ0v) is 19.1. The van der Waals surface area contributed by atoms with Gasteiger partial charge < -0.3 is 14.8 Å². The second-order valence-electron chi connectivity index (χ2n) is 7.47. The highest BCUT2D eigenvalue weighted by molar-refractivity contribution is 6.01. The number of fused-ring (bicyclic) bond motifs is 1. The van der Waals surface area contributed by atoms with Crippen molar-refractivity contribution in [1.82, 2.24) is 25.2 Å². The maximum atomic E-state index is 12.9. The van der Waals surface area contributed by atoms with E-state index >= 15 is 0 Å². The van der Waals surface area contributed by atoms with Gasteiger partial charge in [-0.25, -0.2) is 19.3 Å². The normalized spacial score (nSPS) is 10.7. The Morgan fingerprint density at radius 2 is 1.77 bits per heavy atom. The van der Waals surface area contributed by atoms with Gasteiger partial charge in [-0.15, -0.1) is 5.10 Å². The Balaban J connectivity index is 1.56. The first-order valence-electron chi connectivity index (χ1n) is 10.8. The minimum atomic E-state index is -0.689. The van der Waals surface area contributed by atoms with Crippen LogP contribution in [0.25, 0.3) is 10.9 Å². The molecule has 1 amide bonds. The lowest BCUT2D eigenvalue weighted by atomic mass is 10.0. The van der Waals surface area contributed by atoms with Gasteiger partial charge in [0.25, 0.3) is 0 Å². The Labute approximate surface area is 200 Å². The van der Waals surface area contributed by atoms with Crippen molar-refractivity contribution < 1.29 is 23.9 Å². The smallest absolute Gasteiger partial charge is 0.340 e. The van der Waals surface area contributed by atoms with Gasteiger partial charge in [0.1, 0.15) is 19.5 Å². The van der Waals surface area contributed by atoms with E-state index < -0.39 is 17.8 Å². The molecule has 178 valence electrons. The second-order valence-corrected chi connectivity index (χ2v) is 7.47. The molecule has 0 aliphatic heterocycles. The van der Waals surface area contributed by atoms with E-state index in [4.69, 9.17) is 9.47 Å². The molecule has 0 bridgehead atoms. The molecule has 4 rings (SSSR count). The number of nitrogens with zero attached hydrogens (tertiary/aromatic N) is 5. The number of tetrazole rings is 1. The maximum Gasteiger partial charge on any atom is 0.340 e. The minimum Gasteiger partial charge on any atom is -0.462 e. The number of aromatic nitrogens is 5. The summed E-state index contributed by atoms with van der Waals surface area (Å²) < 4.78 is 12.0. The fourth-order valence-corrected chi connectivity index (χ4v) is 3.59. The highest BCUT2D eigenvalue weighted by Crippen LogP contribution is 2.25. The SMILES string of the molecule is CCOC(=O)c1c(COC(=O)c2ccccc2NC(=O)Cn2cnnn2)nc2ccccc2c1C. The molecular formula is C24H22N6O5. The fourth-order valence-electron chi connectivity index (χ4n) is 3.59. The number of ether oxygens (including phenoxy) is 2. The van der Waals surface area contributed by atoms with Crippen LogP contribution in [-0.2, 0) is 27.4 Å². The molecule has 0 unspecified atom stereocenters. The molecule has 4 aromatic rings. The average Bonchev–Trinajstić information content (AvgIpc) is 3.36. The number of nitrogens with one attached hydrogen (secondary N) is 1. The molecule has 2 heterocycles. The van der Waals surface area contributed by atoms with E-state index in [1.165, 1.54) is 17.1 Å². The summed E-state index contributed by atoms with van der Waals surface area (Å²) in [6.07, 6.45) is 1.30. The number of pyridine rings is 1. The number of benzene rings is 2. The van der Waals surface area contributed by atoms with Crippen LogP contribution in [0.15, 0.2) is 54.9 Å². The van der Waals surface area contributed by atoms with E-state index in [0.29, 0.717) is 11.1 Å². The summed E-state index contributed by atoms with van der Waals surface area (Å²) in [7, 11) is 0. The molecule has 0 saturated heterocycles. The van der Waals surface area contributed by atoms with Crippen molar-refractivity contribution in [3.05, 3.63) is 77.2 Å². The molecule has 11 heteroatoms. The van der Waals surface area contributed by atoms with Crippen molar-refractivity contribution in [1.29, 1.82) is 0 Å². The average molecular weight is 474 g/mol. The van der Waals surface area contributed by atoms with Gasteiger partial charge in [0, 0.05) is 5.39 Å². The number of carbonyl (C=O) groups excluding carboxylic acids is 3. The van der Waals surface area contributed by atoms with E-state index in [1.807, 2.05) is 24.3 Å². The van der Waals surface area contributed by atoms with Crippen LogP contribution in [0.4, 0.5) is 5.69 Å². The zero-order chi connectivity index (χ0) is 24.8. The van der Waals surface area contributed by atoms with Crippen LogP contribution in [0.3, 0.4) is 0 Å². The van der Waals surface area contributed by atoms with E-state index in [1.54, 1.807) is 32.0 Å². The number of hydrogen-bond acceptors (Lipinski definition) is 9. The van der Waals surface area contributed by atoms with Gasteiger partial charge in [-0.1, -0.05) is 30.3 Å². The summed E-state index contributed by atoms with van der Waals surface area (Å²) >= 11 is 0. The standard InChI is InChI=1S/C24H22N6O5/c1-3-34-24(33)22-15(2)16-8-4-6-10-18(16)26-20(22)13-35-23(32)17-9-5-7-11-19(17)27-21(31)12-30-14-25-28-29-30/h4-11,14H,3,12-13H2,1-2H3,(H,27,31). The van der Waals surface area contributed by atoms with Gasteiger partial charge in [-0.3, -0.25) is 4.79 Å². The number of aryl methyl sites for hydroxylation is 1. The summed E-state index contributed by atoms with van der Waals surface area (Å²) in [6.45, 7) is 3.33. The summed E-state index contributed by atoms with van der Waals surface area (Å²) in [5.41, 5.74) is 2.32. The van der Waals surface area contributed by atoms with E-state index in [-0.39, 0.29) is 42.3 Å². The lowest BCUT2D eigenvalue weighted by Crippen LogP contribution is -2.21. The minimum absolute atomic E-state index is 0.125. The number of esters is 2. The van der Waals surface area contributed by atoms with Crippen LogP contribution in [0.1, 0.15) is 38.9 Å². The number of amides is 1. The number of anilines is 1. The maximum absolute atomic E-state index is 12.9. The van der Waals surface area contributed by atoms with Crippen LogP contribution in [-0.4, -0.2) is 49.6 Å². The Morgan fingerprint density at radius 1 is 1.00 bits per heavy atom. The molecule has 35 heavy (non-hydrogen) atoms. The van der Waals surface area contributed by atoms with Crippen molar-refractivity contribution in [2.75, 3.05) is 11.9 Å². The predicted octanol–water partition coefficient (Wildman–Crippen LogP) is 2.70. The molecule has 0 radical (unpaired) electrons. The molecule has 11 nitrogen and oxygen atoms in total. The lowest BCUT2D eigenvalue weighted by molar-refractivity contribution is -0.116. The quantitative estimate of drug-likeness (QED) is 0.382. The third-order valence-corrected chi connectivity index (χ3v) is 5.16. The first-order chi connectivity index (χ1) is 17.0. The third-order valence-electron chi connectivity index (χ3n) is 5.16. The van der Waals surface area contributed by atoms with Crippen LogP contribution in [0, 0.1) is 6.92 Å². The molecule has 0 fully saturated rings. The van der Waals surface area contributed by atoms with Crippen molar-refractivity contribution in [3.63, 3.8) is 0 Å². The van der Waals surface area contributed by atoms with E-state index in [9.17, 15) is 14.4 Å². The van der Waals surface area contributed by atoms with Crippen molar-refractivity contribution >= 4 is 34.4 Å². The van der Waals surface area contributed by atoms with Crippen molar-refractivity contribution in [3.8, 4) is 0 Å². The van der Waals surface area contributed by atoms with Crippen molar-refractivity contribution in [2.24, 2.45) is 0 Å². The largest absolute Gasteiger partial charge is 0.462 e. The number of para-hydroxylation sites is 2. The molecule has 0 saturated carbocycles. The molecular weight excluding hydrogens is 452 g/mol. The zero-order valence-electron chi connectivity index (χ0n) is 19.1. The van der Waals surface area contributed by atoms with Gasteiger partial charge >= 0.3 is 11.9 Å². The van der Waals surface area contributed by atoms with Crippen LogP contribution in [0.2, 0.25) is 0 Å². The second kappa shape index (κ2) is 10.5. The van der Waals surface area contributed by atoms with Gasteiger partial charge in [0.15, 0.2) is 0 Å². The fraction of sp³-hybridized carbons (Fsp3) is 0.208. The number of hydrogen-bond donors (Lipinski definition) is 1. The summed E-state index contributed by atoms with van der Waals surface area (Å²) in [5.74, 6) is -1.65. The Bertz CT molecular complexity index is 1390. The Hall–Kier alpha value is -4.67. The molecule has 0 spiro atoms. The van der Waals surface area contributed by atoms with Crippen molar-refractivity contribution in [2.45, 2.75) is 27.0 Å². The summed E-state index contributed by atoms with van der Waals surface area (Å²) in [4.78, 5) is 42.5. The monoisotopic (exact) mass is 474 g/mol. The Morgan fingerprint density at radius 3 is 2.54 bits per heavy atom. The van der Waals surface area contributed by atoms with Gasteiger partial charge in [0.2, 0.25) is 5.91 Å². The van der Waals surface area contributed by atoms with E-state index in [2.05, 4.69) is 25.8 Å². The Kier molecular flexibility index (Phi) is 7.05. The predicted molar refractivity (Wildman–Crippen MR) is 124 cm³/mol. The number of carbonyl (C=O) groups is 3. The van der Waals surface area contributed by atoms with Gasteiger partial charge in [-0.05, 0) is 48.0 Å². The van der Waals surface area contributed by atoms with Crippen LogP contribution < -0.4 is 5.32 Å². The first-order valence-corrected chi connectivity index (χ1v) is 10.8. The third kappa shape index (κ3) is 5.29. The summed E-state index contributed by atoms with van der Waals surface area (Å²) in [5, 5.41) is 14.1. The topological polar surface area (TPSA) is 138 Å². The first kappa shape index (κ1) is 23.5. The molecule has 1 N–H and O–H groups in total. The molecule has 0 atom stereocenters. The number of rotatable bonds is 8. The van der Waals surface area contributed by atoms with Gasteiger partial charge in [0.05, 0.1) is 34.6 Å². The highest BCUT2D eigenvalue weighted by Gasteiger charge is 2.22. The molecule has 0 aliphatic rings. The van der Waals surface area contributed by atoms with E-state index in [0.717, 1.165) is 5.39 Å². The summed E-state index contributed by atoms with van der Waals surface area (Å²) in [6, 6.07) is 13.8. The van der Waals surface area contributed by atoms with Gasteiger partial charge in [-0.2, -0.15) is 0 Å².